The number of hydrogen-bond acceptors (Lipinski definition) is 4. The van der Waals surface area contributed by atoms with Gasteiger partial charge in [-0.05, 0) is 30.7 Å². The van der Waals surface area contributed by atoms with Crippen LogP contribution in [-0.2, 0) is 10.0 Å². The van der Waals surface area contributed by atoms with Crippen molar-refractivity contribution >= 4 is 27.3 Å². The highest BCUT2D eigenvalue weighted by Crippen LogP contribution is 2.44. The molecule has 0 aromatic carbocycles. The maximum atomic E-state index is 11.9. The van der Waals surface area contributed by atoms with Crippen LogP contribution in [0.15, 0.2) is 9.59 Å². The lowest BCUT2D eigenvalue weighted by molar-refractivity contribution is 0.0946. The third-order valence-corrected chi connectivity index (χ3v) is 5.96. The molecule has 0 aliphatic heterocycles. The van der Waals surface area contributed by atoms with Crippen LogP contribution in [-0.4, -0.2) is 20.9 Å². The molecule has 0 radical (unpaired) electrons. The first-order valence-corrected chi connectivity index (χ1v) is 8.05. The fourth-order valence-electron chi connectivity index (χ4n) is 1.68. The maximum absolute atomic E-state index is 11.9. The number of primary sulfonamides is 1. The minimum absolute atomic E-state index is 0.0604. The van der Waals surface area contributed by atoms with Crippen molar-refractivity contribution in [3.8, 4) is 0 Å². The molecule has 1 fully saturated rings. The SMILES string of the molecule is Cc1c(C(=O)NCC2(C)CC2)csc1S(N)(=O)=O. The highest BCUT2D eigenvalue weighted by molar-refractivity contribution is 7.91. The molecule has 0 atom stereocenters. The zero-order valence-corrected chi connectivity index (χ0v) is 12.0. The van der Waals surface area contributed by atoms with E-state index in [1.54, 1.807) is 12.3 Å². The fourth-order valence-corrected chi connectivity index (χ4v) is 3.70. The number of nitrogens with two attached hydrogens (primary N) is 1. The number of carbonyl (C=O) groups is 1. The monoisotopic (exact) mass is 288 g/mol. The Bertz CT molecular complexity index is 585. The molecule has 1 aliphatic carbocycles. The van der Waals surface area contributed by atoms with E-state index < -0.39 is 10.0 Å². The summed E-state index contributed by atoms with van der Waals surface area (Å²) in [6.07, 6.45) is 2.25. The summed E-state index contributed by atoms with van der Waals surface area (Å²) >= 11 is 0.987. The van der Waals surface area contributed by atoms with Crippen LogP contribution in [0.3, 0.4) is 0 Å². The molecule has 1 aliphatic rings. The fraction of sp³-hybridized carbons (Fsp3) is 0.545. The molecular weight excluding hydrogens is 272 g/mol. The van der Waals surface area contributed by atoms with Gasteiger partial charge in [-0.2, -0.15) is 0 Å². The van der Waals surface area contributed by atoms with Crippen LogP contribution in [0.2, 0.25) is 0 Å². The van der Waals surface area contributed by atoms with Gasteiger partial charge in [-0.25, -0.2) is 13.6 Å². The van der Waals surface area contributed by atoms with Crippen LogP contribution in [0, 0.1) is 12.3 Å². The lowest BCUT2D eigenvalue weighted by Gasteiger charge is -2.09. The Hall–Kier alpha value is -0.920. The molecule has 1 amide bonds. The molecule has 0 spiro atoms. The third kappa shape index (κ3) is 2.73. The smallest absolute Gasteiger partial charge is 0.252 e. The molecule has 3 N–H and O–H groups in total. The van der Waals surface area contributed by atoms with Gasteiger partial charge in [0, 0.05) is 11.9 Å². The summed E-state index contributed by atoms with van der Waals surface area (Å²) < 4.78 is 22.6. The Kier molecular flexibility index (Phi) is 3.25. The van der Waals surface area contributed by atoms with Crippen LogP contribution in [0.4, 0.5) is 0 Å². The molecule has 1 saturated carbocycles. The van der Waals surface area contributed by atoms with E-state index in [-0.39, 0.29) is 15.5 Å². The maximum Gasteiger partial charge on any atom is 0.252 e. The molecule has 1 aromatic heterocycles. The normalized spacial score (nSPS) is 17.5. The van der Waals surface area contributed by atoms with Crippen molar-refractivity contribution in [2.45, 2.75) is 30.9 Å². The van der Waals surface area contributed by atoms with E-state index in [1.165, 1.54) is 0 Å². The van der Waals surface area contributed by atoms with Crippen molar-refractivity contribution in [1.82, 2.24) is 5.32 Å². The van der Waals surface area contributed by atoms with E-state index in [4.69, 9.17) is 5.14 Å². The number of hydrogen-bond donors (Lipinski definition) is 2. The lowest BCUT2D eigenvalue weighted by Crippen LogP contribution is -2.29. The summed E-state index contributed by atoms with van der Waals surface area (Å²) in [6, 6.07) is 0. The standard InChI is InChI=1S/C11H16N2O3S2/c1-7-8(5-17-10(7)18(12,15)16)9(14)13-6-11(2)3-4-11/h5H,3-4,6H2,1-2H3,(H,13,14)(H2,12,15,16). The molecule has 1 aromatic rings. The van der Waals surface area contributed by atoms with Gasteiger partial charge in [0.05, 0.1) is 5.56 Å². The van der Waals surface area contributed by atoms with Gasteiger partial charge in [-0.3, -0.25) is 4.79 Å². The van der Waals surface area contributed by atoms with Gasteiger partial charge in [-0.1, -0.05) is 6.92 Å². The molecule has 0 bridgehead atoms. The van der Waals surface area contributed by atoms with E-state index in [2.05, 4.69) is 12.2 Å². The topological polar surface area (TPSA) is 89.3 Å². The Labute approximate surface area is 110 Å². The minimum Gasteiger partial charge on any atom is -0.351 e. The van der Waals surface area contributed by atoms with Crippen LogP contribution < -0.4 is 10.5 Å². The van der Waals surface area contributed by atoms with Gasteiger partial charge in [0.25, 0.3) is 5.91 Å². The second-order valence-electron chi connectivity index (χ2n) is 5.10. The quantitative estimate of drug-likeness (QED) is 0.873. The van der Waals surface area contributed by atoms with E-state index in [0.717, 1.165) is 24.2 Å². The van der Waals surface area contributed by atoms with Crippen LogP contribution in [0.5, 0.6) is 0 Å². The van der Waals surface area contributed by atoms with Crippen molar-refractivity contribution in [2.24, 2.45) is 10.6 Å². The summed E-state index contributed by atoms with van der Waals surface area (Å²) in [5.74, 6) is -0.230. The van der Waals surface area contributed by atoms with E-state index in [9.17, 15) is 13.2 Å². The average Bonchev–Trinajstić information content (AvgIpc) is 2.84. The first-order valence-electron chi connectivity index (χ1n) is 5.62. The van der Waals surface area contributed by atoms with Crippen molar-refractivity contribution < 1.29 is 13.2 Å². The van der Waals surface area contributed by atoms with Crippen molar-refractivity contribution in [3.63, 3.8) is 0 Å². The Morgan fingerprint density at radius 2 is 2.17 bits per heavy atom. The average molecular weight is 288 g/mol. The second kappa shape index (κ2) is 4.32. The zero-order chi connectivity index (χ0) is 13.6. The Balaban J connectivity index is 2.14. The Morgan fingerprint density at radius 1 is 1.56 bits per heavy atom. The van der Waals surface area contributed by atoms with Crippen molar-refractivity contribution in [1.29, 1.82) is 0 Å². The predicted molar refractivity (Wildman–Crippen MR) is 70.1 cm³/mol. The van der Waals surface area contributed by atoms with Gasteiger partial charge in [0.15, 0.2) is 0 Å². The van der Waals surface area contributed by atoms with Gasteiger partial charge in [0.1, 0.15) is 4.21 Å². The molecule has 18 heavy (non-hydrogen) atoms. The molecule has 1 heterocycles. The molecular formula is C11H16N2O3S2. The third-order valence-electron chi connectivity index (χ3n) is 3.28. The van der Waals surface area contributed by atoms with E-state index in [1.807, 2.05) is 0 Å². The van der Waals surface area contributed by atoms with E-state index >= 15 is 0 Å². The summed E-state index contributed by atoms with van der Waals surface area (Å²) in [4.78, 5) is 11.9. The highest BCUT2D eigenvalue weighted by Gasteiger charge is 2.37. The summed E-state index contributed by atoms with van der Waals surface area (Å²) in [6.45, 7) is 4.35. The second-order valence-corrected chi connectivity index (χ2v) is 7.74. The number of amides is 1. The van der Waals surface area contributed by atoms with Gasteiger partial charge >= 0.3 is 0 Å². The number of rotatable bonds is 4. The summed E-state index contributed by atoms with van der Waals surface area (Å²) in [5, 5.41) is 9.46. The number of sulfonamides is 1. The molecule has 7 heteroatoms. The van der Waals surface area contributed by atoms with Gasteiger partial charge in [-0.15, -0.1) is 11.3 Å². The van der Waals surface area contributed by atoms with Gasteiger partial charge in [0.2, 0.25) is 10.0 Å². The zero-order valence-electron chi connectivity index (χ0n) is 10.3. The largest absolute Gasteiger partial charge is 0.351 e. The van der Waals surface area contributed by atoms with E-state index in [0.29, 0.717) is 17.7 Å². The van der Waals surface area contributed by atoms with Crippen LogP contribution >= 0.6 is 11.3 Å². The highest BCUT2D eigenvalue weighted by atomic mass is 32.2. The molecule has 100 valence electrons. The number of thiophene rings is 1. The minimum atomic E-state index is -3.74. The predicted octanol–water partition coefficient (Wildman–Crippen LogP) is 1.23. The number of nitrogens with one attached hydrogen (secondary N) is 1. The molecule has 0 saturated heterocycles. The lowest BCUT2D eigenvalue weighted by atomic mass is 10.1. The van der Waals surface area contributed by atoms with Crippen LogP contribution in [0.1, 0.15) is 35.7 Å². The summed E-state index contributed by atoms with van der Waals surface area (Å²) in [5.41, 5.74) is 1.05. The first-order chi connectivity index (χ1) is 8.23. The molecule has 0 unspecified atom stereocenters. The molecule has 2 rings (SSSR count). The molecule has 5 nitrogen and oxygen atoms in total. The van der Waals surface area contributed by atoms with Gasteiger partial charge < -0.3 is 5.32 Å². The van der Waals surface area contributed by atoms with Crippen LogP contribution in [0.25, 0.3) is 0 Å². The summed E-state index contributed by atoms with van der Waals surface area (Å²) in [7, 11) is -3.74. The first kappa shape index (κ1) is 13.5. The van der Waals surface area contributed by atoms with Crippen molar-refractivity contribution in [3.05, 3.63) is 16.5 Å². The Morgan fingerprint density at radius 3 is 2.61 bits per heavy atom. The van der Waals surface area contributed by atoms with Crippen molar-refractivity contribution in [2.75, 3.05) is 6.54 Å². The number of carbonyl (C=O) groups excluding carboxylic acids is 1.